The number of rotatable bonds is 3. The van der Waals surface area contributed by atoms with Crippen LogP contribution in [0.3, 0.4) is 0 Å². The molecule has 0 saturated carbocycles. The number of hydrogen-bond acceptors (Lipinski definition) is 3. The van der Waals surface area contributed by atoms with Gasteiger partial charge in [-0.1, -0.05) is 17.7 Å². The van der Waals surface area contributed by atoms with Gasteiger partial charge in [-0.25, -0.2) is 0 Å². The summed E-state index contributed by atoms with van der Waals surface area (Å²) in [5.41, 5.74) is 1.62. The van der Waals surface area contributed by atoms with Gasteiger partial charge in [0.15, 0.2) is 0 Å². The third-order valence-electron chi connectivity index (χ3n) is 3.27. The fourth-order valence-corrected chi connectivity index (χ4v) is 2.42. The summed E-state index contributed by atoms with van der Waals surface area (Å²) in [5.74, 6) is -0.757. The SMILES string of the molecule is CCOC(=O)[C@@H]1CC(=O)N(c2cccc(Cl)c2C)C1. The molecule has 102 valence electrons. The Morgan fingerprint density at radius 1 is 1.53 bits per heavy atom. The average Bonchev–Trinajstić information content (AvgIpc) is 2.75. The molecular weight excluding hydrogens is 266 g/mol. The van der Waals surface area contributed by atoms with Crippen molar-refractivity contribution in [1.29, 1.82) is 0 Å². The summed E-state index contributed by atoms with van der Waals surface area (Å²) in [5, 5.41) is 0.616. The van der Waals surface area contributed by atoms with Gasteiger partial charge >= 0.3 is 5.97 Å². The normalized spacial score (nSPS) is 18.8. The minimum absolute atomic E-state index is 0.0663. The highest BCUT2D eigenvalue weighted by Crippen LogP contribution is 2.31. The molecule has 1 heterocycles. The Morgan fingerprint density at radius 2 is 2.26 bits per heavy atom. The summed E-state index contributed by atoms with van der Waals surface area (Å²) in [6.07, 6.45) is 0.199. The van der Waals surface area contributed by atoms with Crippen LogP contribution in [0.15, 0.2) is 18.2 Å². The van der Waals surface area contributed by atoms with E-state index in [1.165, 1.54) is 0 Å². The van der Waals surface area contributed by atoms with Crippen molar-refractivity contribution in [3.63, 3.8) is 0 Å². The van der Waals surface area contributed by atoms with E-state index in [-0.39, 0.29) is 24.2 Å². The lowest BCUT2D eigenvalue weighted by Crippen LogP contribution is -2.27. The standard InChI is InChI=1S/C14H16ClNO3/c1-3-19-14(18)10-7-13(17)16(8-10)12-6-4-5-11(15)9(12)2/h4-6,10H,3,7-8H2,1-2H3/t10-/m1/s1. The van der Waals surface area contributed by atoms with Crippen LogP contribution in [0.1, 0.15) is 18.9 Å². The van der Waals surface area contributed by atoms with Crippen LogP contribution in [-0.2, 0) is 14.3 Å². The Balaban J connectivity index is 2.20. The smallest absolute Gasteiger partial charge is 0.311 e. The second-order valence-electron chi connectivity index (χ2n) is 4.54. The predicted octanol–water partition coefficient (Wildman–Crippen LogP) is 2.56. The number of anilines is 1. The number of nitrogens with zero attached hydrogens (tertiary/aromatic N) is 1. The summed E-state index contributed by atoms with van der Waals surface area (Å²) in [4.78, 5) is 25.3. The van der Waals surface area contributed by atoms with Crippen LogP contribution in [0.4, 0.5) is 5.69 Å². The van der Waals surface area contributed by atoms with Crippen molar-refractivity contribution in [2.75, 3.05) is 18.1 Å². The van der Waals surface area contributed by atoms with Gasteiger partial charge in [0.2, 0.25) is 5.91 Å². The van der Waals surface area contributed by atoms with Crippen molar-refractivity contribution in [2.24, 2.45) is 5.92 Å². The van der Waals surface area contributed by atoms with E-state index in [2.05, 4.69) is 0 Å². The number of esters is 1. The number of hydrogen-bond donors (Lipinski definition) is 0. The summed E-state index contributed by atoms with van der Waals surface area (Å²) in [7, 11) is 0. The zero-order valence-electron chi connectivity index (χ0n) is 11.0. The van der Waals surface area contributed by atoms with Crippen LogP contribution in [0.2, 0.25) is 5.02 Å². The topological polar surface area (TPSA) is 46.6 Å². The lowest BCUT2D eigenvalue weighted by Gasteiger charge is -2.19. The molecule has 0 bridgehead atoms. The third kappa shape index (κ3) is 2.73. The van der Waals surface area contributed by atoms with E-state index in [1.807, 2.05) is 13.0 Å². The molecule has 19 heavy (non-hydrogen) atoms. The molecule has 5 heteroatoms. The molecule has 1 aromatic carbocycles. The summed E-state index contributed by atoms with van der Waals surface area (Å²) in [6, 6.07) is 5.42. The quantitative estimate of drug-likeness (QED) is 0.800. The molecule has 0 radical (unpaired) electrons. The molecular formula is C14H16ClNO3. The second kappa shape index (κ2) is 5.61. The fraction of sp³-hybridized carbons (Fsp3) is 0.429. The Hall–Kier alpha value is -1.55. The van der Waals surface area contributed by atoms with E-state index in [4.69, 9.17) is 16.3 Å². The summed E-state index contributed by atoms with van der Waals surface area (Å²) >= 11 is 6.06. The van der Waals surface area contributed by atoms with E-state index in [0.717, 1.165) is 11.3 Å². The Kier molecular flexibility index (Phi) is 4.10. The molecule has 1 amide bonds. The molecule has 1 atom stereocenters. The van der Waals surface area contributed by atoms with Gasteiger partial charge in [-0.05, 0) is 31.5 Å². The van der Waals surface area contributed by atoms with Crippen molar-refractivity contribution in [2.45, 2.75) is 20.3 Å². The van der Waals surface area contributed by atoms with Crippen LogP contribution < -0.4 is 4.90 Å². The Bertz CT molecular complexity index is 515. The van der Waals surface area contributed by atoms with E-state index in [9.17, 15) is 9.59 Å². The average molecular weight is 282 g/mol. The molecule has 1 aliphatic heterocycles. The van der Waals surface area contributed by atoms with Gasteiger partial charge in [0.1, 0.15) is 0 Å². The van der Waals surface area contributed by atoms with Crippen molar-refractivity contribution >= 4 is 29.2 Å². The van der Waals surface area contributed by atoms with E-state index >= 15 is 0 Å². The van der Waals surface area contributed by atoms with Gasteiger partial charge in [0.25, 0.3) is 0 Å². The Labute approximate surface area is 117 Å². The van der Waals surface area contributed by atoms with Gasteiger partial charge in [-0.3, -0.25) is 9.59 Å². The second-order valence-corrected chi connectivity index (χ2v) is 4.95. The third-order valence-corrected chi connectivity index (χ3v) is 3.68. The number of carbonyl (C=O) groups excluding carboxylic acids is 2. The number of amides is 1. The molecule has 1 aromatic rings. The molecule has 0 spiro atoms. The van der Waals surface area contributed by atoms with Gasteiger partial charge in [0, 0.05) is 23.7 Å². The van der Waals surface area contributed by atoms with E-state index < -0.39 is 0 Å². The maximum absolute atomic E-state index is 12.0. The van der Waals surface area contributed by atoms with Gasteiger partial charge in [-0.2, -0.15) is 0 Å². The van der Waals surface area contributed by atoms with Crippen LogP contribution in [0.25, 0.3) is 0 Å². The monoisotopic (exact) mass is 281 g/mol. The molecule has 0 aromatic heterocycles. The minimum atomic E-state index is -0.383. The van der Waals surface area contributed by atoms with E-state index in [0.29, 0.717) is 18.2 Å². The number of benzene rings is 1. The lowest BCUT2D eigenvalue weighted by molar-refractivity contribution is -0.147. The largest absolute Gasteiger partial charge is 0.466 e. The maximum Gasteiger partial charge on any atom is 0.311 e. The fourth-order valence-electron chi connectivity index (χ4n) is 2.25. The van der Waals surface area contributed by atoms with Crippen molar-refractivity contribution < 1.29 is 14.3 Å². The van der Waals surface area contributed by atoms with Gasteiger partial charge in [-0.15, -0.1) is 0 Å². The molecule has 4 nitrogen and oxygen atoms in total. The predicted molar refractivity (Wildman–Crippen MR) is 73.3 cm³/mol. The molecule has 0 aliphatic carbocycles. The Morgan fingerprint density at radius 3 is 2.95 bits per heavy atom. The zero-order chi connectivity index (χ0) is 14.0. The van der Waals surface area contributed by atoms with Crippen LogP contribution in [0.5, 0.6) is 0 Å². The van der Waals surface area contributed by atoms with Gasteiger partial charge in [0.05, 0.1) is 12.5 Å². The molecule has 1 aliphatic rings. The maximum atomic E-state index is 12.0. The van der Waals surface area contributed by atoms with Crippen molar-refractivity contribution in [3.8, 4) is 0 Å². The first-order valence-corrected chi connectivity index (χ1v) is 6.64. The van der Waals surface area contributed by atoms with E-state index in [1.54, 1.807) is 24.0 Å². The first-order valence-electron chi connectivity index (χ1n) is 6.26. The highest BCUT2D eigenvalue weighted by molar-refractivity contribution is 6.31. The van der Waals surface area contributed by atoms with Crippen molar-refractivity contribution in [3.05, 3.63) is 28.8 Å². The molecule has 1 saturated heterocycles. The minimum Gasteiger partial charge on any atom is -0.466 e. The molecule has 0 N–H and O–H groups in total. The highest BCUT2D eigenvalue weighted by Gasteiger charge is 2.36. The first kappa shape index (κ1) is 13.9. The molecule has 1 fully saturated rings. The number of halogens is 1. The molecule has 0 unspecified atom stereocenters. The van der Waals surface area contributed by atoms with Gasteiger partial charge < -0.3 is 9.64 Å². The highest BCUT2D eigenvalue weighted by atomic mass is 35.5. The van der Waals surface area contributed by atoms with Crippen LogP contribution in [0, 0.1) is 12.8 Å². The van der Waals surface area contributed by atoms with Crippen molar-refractivity contribution in [1.82, 2.24) is 0 Å². The lowest BCUT2D eigenvalue weighted by atomic mass is 10.1. The van der Waals surface area contributed by atoms with Crippen LogP contribution >= 0.6 is 11.6 Å². The zero-order valence-corrected chi connectivity index (χ0v) is 11.7. The number of carbonyl (C=O) groups is 2. The summed E-state index contributed by atoms with van der Waals surface area (Å²) in [6.45, 7) is 4.31. The summed E-state index contributed by atoms with van der Waals surface area (Å²) < 4.78 is 4.97. The van der Waals surface area contributed by atoms with Crippen LogP contribution in [-0.4, -0.2) is 25.0 Å². The molecule has 2 rings (SSSR count). The number of ether oxygens (including phenoxy) is 1. The first-order chi connectivity index (χ1) is 9.04.